The molecule has 0 aromatic heterocycles. The van der Waals surface area contributed by atoms with Gasteiger partial charge in [-0.3, -0.25) is 0 Å². The SMILES string of the molecule is COC(=O)C1=C(C(=O)OC)[C@@H](C)C=C[C@H]1c1ccccc1. The monoisotopic (exact) mass is 286 g/mol. The summed E-state index contributed by atoms with van der Waals surface area (Å²) in [6, 6.07) is 9.54. The molecule has 21 heavy (non-hydrogen) atoms. The molecule has 0 fully saturated rings. The van der Waals surface area contributed by atoms with Crippen molar-refractivity contribution in [3.63, 3.8) is 0 Å². The molecule has 0 N–H and O–H groups in total. The van der Waals surface area contributed by atoms with Crippen LogP contribution in [0, 0.1) is 5.92 Å². The lowest BCUT2D eigenvalue weighted by atomic mass is 9.79. The first-order valence-electron chi connectivity index (χ1n) is 6.74. The van der Waals surface area contributed by atoms with Crippen molar-refractivity contribution < 1.29 is 19.1 Å². The van der Waals surface area contributed by atoms with Gasteiger partial charge in [0, 0.05) is 11.8 Å². The Labute approximate surface area is 124 Å². The molecule has 2 atom stereocenters. The topological polar surface area (TPSA) is 52.6 Å². The van der Waals surface area contributed by atoms with Gasteiger partial charge < -0.3 is 9.47 Å². The highest BCUT2D eigenvalue weighted by atomic mass is 16.5. The predicted molar refractivity (Wildman–Crippen MR) is 78.5 cm³/mol. The van der Waals surface area contributed by atoms with E-state index in [1.54, 1.807) is 0 Å². The van der Waals surface area contributed by atoms with E-state index in [-0.39, 0.29) is 11.8 Å². The number of carbonyl (C=O) groups is 2. The fourth-order valence-corrected chi connectivity index (χ4v) is 2.57. The van der Waals surface area contributed by atoms with E-state index in [9.17, 15) is 9.59 Å². The number of carbonyl (C=O) groups excluding carboxylic acids is 2. The molecule has 0 aliphatic heterocycles. The summed E-state index contributed by atoms with van der Waals surface area (Å²) in [5, 5.41) is 0. The van der Waals surface area contributed by atoms with Gasteiger partial charge in [-0.25, -0.2) is 9.59 Å². The van der Waals surface area contributed by atoms with Gasteiger partial charge in [-0.15, -0.1) is 0 Å². The molecule has 4 nitrogen and oxygen atoms in total. The van der Waals surface area contributed by atoms with E-state index in [0.29, 0.717) is 11.1 Å². The quantitative estimate of drug-likeness (QED) is 0.633. The van der Waals surface area contributed by atoms with E-state index in [1.807, 2.05) is 49.4 Å². The number of esters is 2. The number of ether oxygens (including phenoxy) is 2. The van der Waals surface area contributed by atoms with Crippen molar-refractivity contribution >= 4 is 11.9 Å². The first-order chi connectivity index (χ1) is 10.1. The van der Waals surface area contributed by atoms with Crippen LogP contribution in [0.2, 0.25) is 0 Å². The Morgan fingerprint density at radius 3 is 2.05 bits per heavy atom. The third-order valence-corrected chi connectivity index (χ3v) is 3.62. The Balaban J connectivity index is 2.59. The average molecular weight is 286 g/mol. The molecule has 1 aromatic carbocycles. The van der Waals surface area contributed by atoms with Crippen LogP contribution in [0.25, 0.3) is 0 Å². The summed E-state index contributed by atoms with van der Waals surface area (Å²) in [5.74, 6) is -1.48. The minimum absolute atomic E-state index is 0.188. The Kier molecular flexibility index (Phi) is 4.58. The predicted octanol–water partition coefficient (Wildman–Crippen LogP) is 2.62. The lowest BCUT2D eigenvalue weighted by Crippen LogP contribution is -2.25. The Morgan fingerprint density at radius 1 is 0.905 bits per heavy atom. The molecule has 0 amide bonds. The number of hydrogen-bond acceptors (Lipinski definition) is 4. The Bertz CT molecular complexity index is 598. The highest BCUT2D eigenvalue weighted by Crippen LogP contribution is 2.36. The van der Waals surface area contributed by atoms with E-state index in [2.05, 4.69) is 0 Å². The minimum atomic E-state index is -0.500. The molecule has 0 radical (unpaired) electrons. The van der Waals surface area contributed by atoms with Gasteiger partial charge in [0.05, 0.1) is 25.4 Å². The van der Waals surface area contributed by atoms with Crippen LogP contribution in [0.15, 0.2) is 53.6 Å². The maximum absolute atomic E-state index is 12.2. The molecule has 0 saturated carbocycles. The average Bonchev–Trinajstić information content (AvgIpc) is 2.53. The third-order valence-electron chi connectivity index (χ3n) is 3.62. The minimum Gasteiger partial charge on any atom is -0.466 e. The largest absolute Gasteiger partial charge is 0.466 e. The van der Waals surface area contributed by atoms with Gasteiger partial charge in [0.15, 0.2) is 0 Å². The van der Waals surface area contributed by atoms with Crippen molar-refractivity contribution in [2.45, 2.75) is 12.8 Å². The summed E-state index contributed by atoms with van der Waals surface area (Å²) in [5.41, 5.74) is 1.65. The van der Waals surface area contributed by atoms with Crippen molar-refractivity contribution in [2.75, 3.05) is 14.2 Å². The van der Waals surface area contributed by atoms with Gasteiger partial charge in [0.2, 0.25) is 0 Å². The molecule has 110 valence electrons. The van der Waals surface area contributed by atoms with Gasteiger partial charge in [-0.1, -0.05) is 49.4 Å². The molecule has 4 heteroatoms. The van der Waals surface area contributed by atoms with Crippen LogP contribution in [-0.4, -0.2) is 26.2 Å². The maximum Gasteiger partial charge on any atom is 0.335 e. The van der Waals surface area contributed by atoms with Gasteiger partial charge in [0.1, 0.15) is 0 Å². The van der Waals surface area contributed by atoms with E-state index < -0.39 is 11.9 Å². The number of methoxy groups -OCH3 is 2. The summed E-state index contributed by atoms with van der Waals surface area (Å²) in [6.07, 6.45) is 3.84. The standard InChI is InChI=1S/C17H18O4/c1-11-9-10-13(12-7-5-4-6-8-12)15(17(19)21-3)14(11)16(18)20-2/h4-11,13H,1-3H3/t11-,13-/m0/s1. The molecule has 0 spiro atoms. The zero-order chi connectivity index (χ0) is 15.4. The van der Waals surface area contributed by atoms with Crippen molar-refractivity contribution in [3.05, 3.63) is 59.2 Å². The van der Waals surface area contributed by atoms with E-state index >= 15 is 0 Å². The van der Waals surface area contributed by atoms with Crippen molar-refractivity contribution in [2.24, 2.45) is 5.92 Å². The summed E-state index contributed by atoms with van der Waals surface area (Å²) < 4.78 is 9.71. The number of rotatable bonds is 3. The fourth-order valence-electron chi connectivity index (χ4n) is 2.57. The van der Waals surface area contributed by atoms with Crippen molar-refractivity contribution in [1.29, 1.82) is 0 Å². The molecular weight excluding hydrogens is 268 g/mol. The number of benzene rings is 1. The molecule has 0 bridgehead atoms. The Hall–Kier alpha value is -2.36. The van der Waals surface area contributed by atoms with Gasteiger partial charge in [0.25, 0.3) is 0 Å². The smallest absolute Gasteiger partial charge is 0.335 e. The van der Waals surface area contributed by atoms with Crippen LogP contribution in [0.5, 0.6) is 0 Å². The summed E-state index contributed by atoms with van der Waals surface area (Å²) >= 11 is 0. The van der Waals surface area contributed by atoms with Crippen molar-refractivity contribution in [1.82, 2.24) is 0 Å². The fraction of sp³-hybridized carbons (Fsp3) is 0.294. The normalized spacial score (nSPS) is 21.1. The highest BCUT2D eigenvalue weighted by molar-refractivity contribution is 6.02. The van der Waals surface area contributed by atoms with Crippen LogP contribution in [0.4, 0.5) is 0 Å². The van der Waals surface area contributed by atoms with Crippen LogP contribution < -0.4 is 0 Å². The first-order valence-corrected chi connectivity index (χ1v) is 6.74. The lowest BCUT2D eigenvalue weighted by molar-refractivity contribution is -0.140. The zero-order valence-electron chi connectivity index (χ0n) is 12.3. The molecule has 1 aliphatic rings. The van der Waals surface area contributed by atoms with Crippen LogP contribution >= 0.6 is 0 Å². The van der Waals surface area contributed by atoms with Gasteiger partial charge in [-0.2, -0.15) is 0 Å². The van der Waals surface area contributed by atoms with Gasteiger partial charge >= 0.3 is 11.9 Å². The molecule has 0 heterocycles. The second-order valence-corrected chi connectivity index (χ2v) is 4.87. The highest BCUT2D eigenvalue weighted by Gasteiger charge is 2.34. The number of hydrogen-bond donors (Lipinski definition) is 0. The summed E-state index contributed by atoms with van der Waals surface area (Å²) in [4.78, 5) is 24.3. The van der Waals surface area contributed by atoms with Gasteiger partial charge in [-0.05, 0) is 5.56 Å². The maximum atomic E-state index is 12.2. The van der Waals surface area contributed by atoms with E-state index in [0.717, 1.165) is 5.56 Å². The second kappa shape index (κ2) is 6.39. The molecule has 1 aromatic rings. The summed E-state index contributed by atoms with van der Waals surface area (Å²) in [7, 11) is 2.63. The molecule has 0 unspecified atom stereocenters. The Morgan fingerprint density at radius 2 is 1.48 bits per heavy atom. The third kappa shape index (κ3) is 2.89. The molecule has 0 saturated heterocycles. The van der Waals surface area contributed by atoms with E-state index in [1.165, 1.54) is 14.2 Å². The van der Waals surface area contributed by atoms with Crippen molar-refractivity contribution in [3.8, 4) is 0 Å². The lowest BCUT2D eigenvalue weighted by Gasteiger charge is -2.25. The first kappa shape index (κ1) is 15.0. The number of allylic oxidation sites excluding steroid dienone is 2. The molecule has 1 aliphatic carbocycles. The molecule has 2 rings (SSSR count). The summed E-state index contributed by atoms with van der Waals surface area (Å²) in [6.45, 7) is 1.85. The second-order valence-electron chi connectivity index (χ2n) is 4.87. The zero-order valence-corrected chi connectivity index (χ0v) is 12.3. The van der Waals surface area contributed by atoms with E-state index in [4.69, 9.17) is 9.47 Å². The van der Waals surface area contributed by atoms with Crippen LogP contribution in [0.1, 0.15) is 18.4 Å². The van der Waals surface area contributed by atoms with Crippen LogP contribution in [-0.2, 0) is 19.1 Å². The van der Waals surface area contributed by atoms with Crippen LogP contribution in [0.3, 0.4) is 0 Å². The molecular formula is C17H18O4.